The number of hydrogen-bond donors (Lipinski definition) is 2. The van der Waals surface area contributed by atoms with Crippen LogP contribution in [0.5, 0.6) is 0 Å². The third-order valence-electron chi connectivity index (χ3n) is 11.5. The quantitative estimate of drug-likeness (QED) is 0.150. The van der Waals surface area contributed by atoms with E-state index in [4.69, 9.17) is 14.4 Å². The number of nitrogens with one attached hydrogen (secondary N) is 2. The average Bonchev–Trinajstić information content (AvgIpc) is 3.73. The number of aromatic nitrogens is 2. The fourth-order valence-electron chi connectivity index (χ4n) is 8.43. The molecule has 0 bridgehead atoms. The summed E-state index contributed by atoms with van der Waals surface area (Å²) in [5.41, 5.74) is 16.4. The lowest BCUT2D eigenvalue weighted by Crippen LogP contribution is -2.20. The molecule has 2 aromatic heterocycles. The van der Waals surface area contributed by atoms with E-state index >= 15 is 0 Å². The summed E-state index contributed by atoms with van der Waals surface area (Å²) in [5.74, 6) is 0.626. The van der Waals surface area contributed by atoms with Crippen LogP contribution in [0.1, 0.15) is 27.8 Å². The highest BCUT2D eigenvalue weighted by Gasteiger charge is 2.24. The Morgan fingerprint density at radius 2 is 1.02 bits per heavy atom. The molecule has 0 spiro atoms. The van der Waals surface area contributed by atoms with E-state index in [2.05, 4.69) is 139 Å². The molecule has 0 aliphatic carbocycles. The topological polar surface area (TPSA) is 74.8 Å². The minimum Gasteiger partial charge on any atom is -0.456 e. The number of para-hydroxylation sites is 1. The third kappa shape index (κ3) is 6.87. The van der Waals surface area contributed by atoms with Gasteiger partial charge in [-0.1, -0.05) is 176 Å². The summed E-state index contributed by atoms with van der Waals surface area (Å²) < 4.78 is 6.26. The Morgan fingerprint density at radius 1 is 0.435 bits per heavy atom. The molecular formula is C57H38N4O. The van der Waals surface area contributed by atoms with E-state index in [1.54, 1.807) is 0 Å². The van der Waals surface area contributed by atoms with Crippen LogP contribution in [0.3, 0.4) is 0 Å². The van der Waals surface area contributed by atoms with E-state index in [-0.39, 0.29) is 0 Å². The van der Waals surface area contributed by atoms with Crippen molar-refractivity contribution in [2.75, 3.05) is 0 Å². The lowest BCUT2D eigenvalue weighted by atomic mass is 9.88. The van der Waals surface area contributed by atoms with Crippen LogP contribution in [0.15, 0.2) is 217 Å². The van der Waals surface area contributed by atoms with Crippen molar-refractivity contribution in [2.24, 2.45) is 0 Å². The van der Waals surface area contributed by atoms with Gasteiger partial charge in [0.2, 0.25) is 0 Å². The van der Waals surface area contributed by atoms with Gasteiger partial charge in [0, 0.05) is 49.9 Å². The molecule has 0 amide bonds. The van der Waals surface area contributed by atoms with Crippen LogP contribution < -0.4 is 5.32 Å². The number of nitrogens with zero attached hydrogens (tertiary/aromatic N) is 2. The fourth-order valence-corrected chi connectivity index (χ4v) is 8.43. The number of hydrogen-bond acceptors (Lipinski definition) is 5. The van der Waals surface area contributed by atoms with Crippen molar-refractivity contribution in [3.05, 3.63) is 240 Å². The van der Waals surface area contributed by atoms with Gasteiger partial charge in [-0.2, -0.15) is 0 Å². The normalized spacial score (nSPS) is 13.0. The summed E-state index contributed by atoms with van der Waals surface area (Å²) in [4.78, 5) is 10.5. The molecule has 292 valence electrons. The molecule has 0 atom stereocenters. The number of rotatable bonds is 8. The standard InChI is InChI=1S/C57H38N4O/c58-55(39-20-8-3-9-21-39)54(38-18-6-2-7-19-38)56-46-27-11-10-22-42(46)34-49(59-56)44-25-15-26-45(33-44)57-60-50(37-16-4-1-5-17-37)36-51(61-57)43-24-14-23-40(32-43)41-30-31-48-47-28-12-13-29-52(47)62-53(48)35-41/h1-36,58-59H/b56-54-,58-55?. The molecule has 5 heteroatoms. The molecule has 3 heterocycles. The maximum Gasteiger partial charge on any atom is 0.160 e. The van der Waals surface area contributed by atoms with Gasteiger partial charge in [0.1, 0.15) is 11.2 Å². The molecule has 62 heavy (non-hydrogen) atoms. The minimum absolute atomic E-state index is 0.446. The molecule has 0 fully saturated rings. The molecule has 8 aromatic carbocycles. The van der Waals surface area contributed by atoms with Gasteiger partial charge in [-0.05, 0) is 70.3 Å². The maximum atomic E-state index is 9.58. The Labute approximate surface area is 359 Å². The molecule has 10 aromatic rings. The first kappa shape index (κ1) is 36.7. The van der Waals surface area contributed by atoms with Crippen LogP contribution in [0, 0.1) is 5.41 Å². The van der Waals surface area contributed by atoms with E-state index in [9.17, 15) is 5.41 Å². The summed E-state index contributed by atoms with van der Waals surface area (Å²) in [7, 11) is 0. The molecule has 1 aliphatic rings. The molecule has 11 rings (SSSR count). The summed E-state index contributed by atoms with van der Waals surface area (Å²) in [6, 6.07) is 72.4. The van der Waals surface area contributed by atoms with Gasteiger partial charge >= 0.3 is 0 Å². The average molecular weight is 795 g/mol. The molecule has 1 aliphatic heterocycles. The molecule has 0 radical (unpaired) electrons. The smallest absolute Gasteiger partial charge is 0.160 e. The predicted octanol–water partition coefficient (Wildman–Crippen LogP) is 14.1. The van der Waals surface area contributed by atoms with Gasteiger partial charge in [-0.15, -0.1) is 0 Å². The summed E-state index contributed by atoms with van der Waals surface area (Å²) >= 11 is 0. The first-order valence-corrected chi connectivity index (χ1v) is 20.7. The van der Waals surface area contributed by atoms with Crippen molar-refractivity contribution in [3.8, 4) is 45.0 Å². The largest absolute Gasteiger partial charge is 0.456 e. The Kier molecular flexibility index (Phi) is 9.25. The zero-order chi connectivity index (χ0) is 41.4. The van der Waals surface area contributed by atoms with Crippen molar-refractivity contribution in [2.45, 2.75) is 0 Å². The number of allylic oxidation sites excluding steroid dienone is 1. The van der Waals surface area contributed by atoms with Crippen molar-refractivity contribution >= 4 is 50.7 Å². The molecular weight excluding hydrogens is 757 g/mol. The van der Waals surface area contributed by atoms with Gasteiger partial charge in [0.05, 0.1) is 22.8 Å². The van der Waals surface area contributed by atoms with Crippen molar-refractivity contribution in [3.63, 3.8) is 0 Å². The highest BCUT2D eigenvalue weighted by atomic mass is 16.3. The van der Waals surface area contributed by atoms with Gasteiger partial charge < -0.3 is 9.73 Å². The maximum absolute atomic E-state index is 9.58. The third-order valence-corrected chi connectivity index (χ3v) is 11.5. The van der Waals surface area contributed by atoms with E-state index in [1.165, 1.54) is 0 Å². The fraction of sp³-hybridized carbons (Fsp3) is 0. The molecule has 0 saturated carbocycles. The van der Waals surface area contributed by atoms with E-state index in [1.807, 2.05) is 84.9 Å². The zero-order valence-corrected chi connectivity index (χ0v) is 33.6. The summed E-state index contributed by atoms with van der Waals surface area (Å²) in [6.45, 7) is 0. The van der Waals surface area contributed by atoms with Gasteiger partial charge in [-0.3, -0.25) is 5.41 Å². The number of furan rings is 1. The number of benzene rings is 8. The Balaban J connectivity index is 1.01. The Morgan fingerprint density at radius 3 is 1.82 bits per heavy atom. The first-order chi connectivity index (χ1) is 30.6. The van der Waals surface area contributed by atoms with E-state index < -0.39 is 0 Å². The molecule has 0 unspecified atom stereocenters. The highest BCUT2D eigenvalue weighted by Crippen LogP contribution is 2.38. The van der Waals surface area contributed by atoms with Crippen molar-refractivity contribution in [1.29, 1.82) is 5.41 Å². The second-order valence-corrected chi connectivity index (χ2v) is 15.4. The lowest BCUT2D eigenvalue weighted by Gasteiger charge is -2.26. The van der Waals surface area contributed by atoms with Crippen molar-refractivity contribution in [1.82, 2.24) is 15.3 Å². The van der Waals surface area contributed by atoms with Gasteiger partial charge in [0.15, 0.2) is 5.82 Å². The van der Waals surface area contributed by atoms with Crippen LogP contribution in [0.25, 0.3) is 90.0 Å². The first-order valence-electron chi connectivity index (χ1n) is 20.7. The van der Waals surface area contributed by atoms with Crippen LogP contribution in [0.4, 0.5) is 0 Å². The Bertz CT molecular complexity index is 3380. The zero-order valence-electron chi connectivity index (χ0n) is 33.6. The van der Waals surface area contributed by atoms with Crippen LogP contribution >= 0.6 is 0 Å². The summed E-state index contributed by atoms with van der Waals surface area (Å²) in [5, 5.41) is 15.6. The van der Waals surface area contributed by atoms with Crippen molar-refractivity contribution < 1.29 is 4.42 Å². The summed E-state index contributed by atoms with van der Waals surface area (Å²) in [6.07, 6.45) is 2.19. The SMILES string of the molecule is N=C(/C(=C1\NC(c2cccc(-c3nc(-c4ccccc4)cc(-c4cccc(-c5ccc6c(c5)oc5ccccc56)c4)n3)c2)=Cc2ccccc21)c1ccccc1)c1ccccc1. The van der Waals surface area contributed by atoms with Crippen LogP contribution in [-0.4, -0.2) is 15.7 Å². The second kappa shape index (κ2) is 15.6. The highest BCUT2D eigenvalue weighted by molar-refractivity contribution is 6.36. The van der Waals surface area contributed by atoms with Gasteiger partial charge in [0.25, 0.3) is 0 Å². The monoisotopic (exact) mass is 794 g/mol. The molecule has 5 nitrogen and oxygen atoms in total. The molecule has 0 saturated heterocycles. The second-order valence-electron chi connectivity index (χ2n) is 15.4. The van der Waals surface area contributed by atoms with E-state index in [0.717, 1.165) is 106 Å². The van der Waals surface area contributed by atoms with Crippen LogP contribution in [0.2, 0.25) is 0 Å². The van der Waals surface area contributed by atoms with Gasteiger partial charge in [-0.25, -0.2) is 9.97 Å². The predicted molar refractivity (Wildman–Crippen MR) is 255 cm³/mol. The Hall–Kier alpha value is -8.41. The lowest BCUT2D eigenvalue weighted by molar-refractivity contribution is 0.669. The van der Waals surface area contributed by atoms with E-state index in [0.29, 0.717) is 11.5 Å². The molecule has 2 N–H and O–H groups in total. The number of fused-ring (bicyclic) bond motifs is 4. The van der Waals surface area contributed by atoms with Crippen LogP contribution in [-0.2, 0) is 0 Å². The minimum atomic E-state index is 0.446.